The van der Waals surface area contributed by atoms with E-state index in [9.17, 15) is 0 Å². The molecule has 0 aromatic heterocycles. The Morgan fingerprint density at radius 1 is 1.67 bits per heavy atom. The fourth-order valence-electron chi connectivity index (χ4n) is 0.411. The van der Waals surface area contributed by atoms with E-state index in [2.05, 4.69) is 5.32 Å². The summed E-state index contributed by atoms with van der Waals surface area (Å²) in [6, 6.07) is 0. The second-order valence-corrected chi connectivity index (χ2v) is 1.39. The number of allylic oxidation sites excluding steroid dienone is 2. The number of hydrogen-bond acceptors (Lipinski definition) is 0. The Morgan fingerprint density at radius 2 is 2.22 bits per heavy atom. The van der Waals surface area contributed by atoms with Crippen molar-refractivity contribution in [2.75, 3.05) is 7.05 Å². The summed E-state index contributed by atoms with van der Waals surface area (Å²) in [4.78, 5) is 0. The molecule has 0 aliphatic heterocycles. The van der Waals surface area contributed by atoms with E-state index in [4.69, 9.17) is 5.41 Å². The van der Waals surface area contributed by atoms with E-state index in [1.54, 1.807) is 7.05 Å². The summed E-state index contributed by atoms with van der Waals surface area (Å²) in [7, 11) is 1.65. The van der Waals surface area contributed by atoms with Crippen LogP contribution in [-0.2, 0) is 17.1 Å². The molecule has 51 valence electrons. The van der Waals surface area contributed by atoms with Gasteiger partial charge in [0.2, 0.25) is 0 Å². The molecule has 0 bridgehead atoms. The molecule has 0 saturated carbocycles. The van der Waals surface area contributed by atoms with Gasteiger partial charge in [-0.15, -0.1) is 13.1 Å². The van der Waals surface area contributed by atoms with Crippen molar-refractivity contribution >= 4 is 6.21 Å². The zero-order valence-corrected chi connectivity index (χ0v) is 6.81. The Kier molecular flexibility index (Phi) is 9.89. The standard InChI is InChI=1S/C6H10N2.Mn/c1-3-4-6(5-7)8-2;/h4-5H,3H2,1-2H3;/q-2;+2/b6-4-;. The SMILES string of the molecule is CC/C=C(/C=[N-])[N-]C.[Mn+2]. The van der Waals surface area contributed by atoms with Gasteiger partial charge >= 0.3 is 17.1 Å². The van der Waals surface area contributed by atoms with E-state index in [-0.39, 0.29) is 17.1 Å². The summed E-state index contributed by atoms with van der Waals surface area (Å²) < 4.78 is 0. The molecule has 0 amide bonds. The van der Waals surface area contributed by atoms with Gasteiger partial charge in [0.05, 0.1) is 0 Å². The van der Waals surface area contributed by atoms with Crippen LogP contribution in [0.15, 0.2) is 11.8 Å². The molecule has 2 nitrogen and oxygen atoms in total. The van der Waals surface area contributed by atoms with E-state index in [0.717, 1.165) is 12.6 Å². The molecule has 1 radical (unpaired) electrons. The second kappa shape index (κ2) is 7.73. The molecule has 0 aromatic rings. The van der Waals surface area contributed by atoms with Crippen molar-refractivity contribution in [2.24, 2.45) is 0 Å². The Hall–Kier alpha value is -0.271. The summed E-state index contributed by atoms with van der Waals surface area (Å²) in [6.45, 7) is 1.99. The molecule has 0 rings (SSSR count). The van der Waals surface area contributed by atoms with Crippen molar-refractivity contribution < 1.29 is 17.1 Å². The fraction of sp³-hybridized carbons (Fsp3) is 0.500. The molecular formula is C6H10MnN2. The summed E-state index contributed by atoms with van der Waals surface area (Å²) in [5.74, 6) is 0. The first-order valence-corrected chi connectivity index (χ1v) is 2.62. The van der Waals surface area contributed by atoms with Gasteiger partial charge in [-0.1, -0.05) is 6.92 Å². The summed E-state index contributed by atoms with van der Waals surface area (Å²) in [6.07, 6.45) is 3.76. The first-order valence-electron chi connectivity index (χ1n) is 2.62. The van der Waals surface area contributed by atoms with Gasteiger partial charge in [0.25, 0.3) is 0 Å². The minimum Gasteiger partial charge on any atom is -0.812 e. The van der Waals surface area contributed by atoms with E-state index >= 15 is 0 Å². The van der Waals surface area contributed by atoms with Crippen LogP contribution in [0, 0.1) is 0 Å². The molecule has 0 aromatic carbocycles. The molecule has 0 N–H and O–H groups in total. The van der Waals surface area contributed by atoms with Crippen molar-refractivity contribution in [1.29, 1.82) is 0 Å². The normalized spacial score (nSPS) is 9.78. The van der Waals surface area contributed by atoms with Gasteiger partial charge in [0.1, 0.15) is 0 Å². The zero-order valence-electron chi connectivity index (χ0n) is 5.63. The van der Waals surface area contributed by atoms with Crippen LogP contribution < -0.4 is 0 Å². The molecule has 0 aliphatic rings. The van der Waals surface area contributed by atoms with Gasteiger partial charge < -0.3 is 10.7 Å². The Bertz CT molecular complexity index is 99.2. The second-order valence-electron chi connectivity index (χ2n) is 1.39. The Labute approximate surface area is 66.7 Å². The van der Waals surface area contributed by atoms with Crippen molar-refractivity contribution in [2.45, 2.75) is 13.3 Å². The maximum absolute atomic E-state index is 8.37. The molecule has 0 heterocycles. The van der Waals surface area contributed by atoms with Gasteiger partial charge in [-0.05, 0) is 6.42 Å². The van der Waals surface area contributed by atoms with E-state index < -0.39 is 0 Å². The van der Waals surface area contributed by atoms with Crippen LogP contribution in [-0.4, -0.2) is 13.3 Å². The van der Waals surface area contributed by atoms with Crippen LogP contribution in [0.25, 0.3) is 10.7 Å². The van der Waals surface area contributed by atoms with Gasteiger partial charge in [-0.25, -0.2) is 6.21 Å². The van der Waals surface area contributed by atoms with E-state index in [0.29, 0.717) is 5.70 Å². The predicted molar refractivity (Wildman–Crippen MR) is 37.1 cm³/mol. The largest absolute Gasteiger partial charge is 2.00 e. The van der Waals surface area contributed by atoms with E-state index in [1.165, 1.54) is 0 Å². The molecule has 0 spiro atoms. The first-order chi connectivity index (χ1) is 3.85. The third-order valence-electron chi connectivity index (χ3n) is 0.804. The Balaban J connectivity index is 0. The van der Waals surface area contributed by atoms with Crippen LogP contribution in [0.5, 0.6) is 0 Å². The average Bonchev–Trinajstić information content (AvgIpc) is 1.83. The van der Waals surface area contributed by atoms with Crippen molar-refractivity contribution in [3.63, 3.8) is 0 Å². The maximum Gasteiger partial charge on any atom is 2.00 e. The van der Waals surface area contributed by atoms with Crippen LogP contribution in [0.1, 0.15) is 13.3 Å². The summed E-state index contributed by atoms with van der Waals surface area (Å²) in [5, 5.41) is 12.1. The van der Waals surface area contributed by atoms with Crippen molar-refractivity contribution in [1.82, 2.24) is 0 Å². The molecule has 0 atom stereocenters. The molecule has 9 heavy (non-hydrogen) atoms. The van der Waals surface area contributed by atoms with Crippen LogP contribution >= 0.6 is 0 Å². The van der Waals surface area contributed by atoms with Gasteiger partial charge in [-0.2, -0.15) is 5.70 Å². The summed E-state index contributed by atoms with van der Waals surface area (Å²) >= 11 is 0. The van der Waals surface area contributed by atoms with Gasteiger partial charge in [0.15, 0.2) is 0 Å². The molecule has 0 aliphatic carbocycles. The Morgan fingerprint density at radius 3 is 2.33 bits per heavy atom. The average molecular weight is 165 g/mol. The van der Waals surface area contributed by atoms with Crippen molar-refractivity contribution in [3.05, 3.63) is 22.5 Å². The first kappa shape index (κ1) is 11.5. The molecule has 0 unspecified atom stereocenters. The predicted octanol–water partition coefficient (Wildman–Crippen LogP) is 1.92. The molecule has 3 heteroatoms. The minimum absolute atomic E-state index is 0. The van der Waals surface area contributed by atoms with Crippen molar-refractivity contribution in [3.8, 4) is 0 Å². The monoisotopic (exact) mass is 165 g/mol. The number of hydrogen-bond donors (Lipinski definition) is 0. The zero-order chi connectivity index (χ0) is 6.41. The maximum atomic E-state index is 8.37. The number of rotatable bonds is 3. The quantitative estimate of drug-likeness (QED) is 0.452. The third kappa shape index (κ3) is 5.60. The minimum atomic E-state index is 0. The van der Waals surface area contributed by atoms with Crippen LogP contribution in [0.4, 0.5) is 0 Å². The van der Waals surface area contributed by atoms with E-state index in [1.807, 2.05) is 13.0 Å². The third-order valence-corrected chi connectivity index (χ3v) is 0.804. The molecular weight excluding hydrogens is 155 g/mol. The molecule has 0 saturated heterocycles. The van der Waals surface area contributed by atoms with Crippen LogP contribution in [0.3, 0.4) is 0 Å². The van der Waals surface area contributed by atoms with Crippen LogP contribution in [0.2, 0.25) is 0 Å². The number of nitrogens with zero attached hydrogens (tertiary/aromatic N) is 2. The smallest absolute Gasteiger partial charge is 0.812 e. The topological polar surface area (TPSA) is 36.4 Å². The molecule has 0 fully saturated rings. The fourth-order valence-corrected chi connectivity index (χ4v) is 0.411. The van der Waals surface area contributed by atoms with Gasteiger partial charge in [0, 0.05) is 0 Å². The van der Waals surface area contributed by atoms with Gasteiger partial charge in [-0.3, -0.25) is 0 Å². The summed E-state index contributed by atoms with van der Waals surface area (Å²) in [5.41, 5.74) is 0.646.